The molecule has 2 aromatic rings. The quantitative estimate of drug-likeness (QED) is 0.850. The molecule has 6 nitrogen and oxygen atoms in total. The zero-order valence-corrected chi connectivity index (χ0v) is 15.8. The first kappa shape index (κ1) is 18.0. The number of nitrogens with zero attached hydrogens (tertiary/aromatic N) is 3. The van der Waals surface area contributed by atoms with E-state index in [0.717, 1.165) is 44.7 Å². The van der Waals surface area contributed by atoms with Crippen molar-refractivity contribution in [1.82, 2.24) is 20.4 Å². The SMILES string of the molecule is O=C(Cn1ccc(C2CCCNC2)n1)NC1CCN(c2ccccc2)CC1. The molecule has 144 valence electrons. The van der Waals surface area contributed by atoms with Crippen LogP contribution in [-0.4, -0.2) is 47.9 Å². The Labute approximate surface area is 160 Å². The maximum absolute atomic E-state index is 12.4. The number of benzene rings is 1. The Morgan fingerprint density at radius 3 is 2.70 bits per heavy atom. The van der Waals surface area contributed by atoms with Crippen LogP contribution in [0.2, 0.25) is 0 Å². The maximum Gasteiger partial charge on any atom is 0.241 e. The summed E-state index contributed by atoms with van der Waals surface area (Å²) in [6.45, 7) is 4.36. The van der Waals surface area contributed by atoms with Crippen LogP contribution in [0.25, 0.3) is 0 Å². The second-order valence-corrected chi connectivity index (χ2v) is 7.65. The Bertz CT molecular complexity index is 730. The number of anilines is 1. The number of hydrogen-bond donors (Lipinski definition) is 2. The summed E-state index contributed by atoms with van der Waals surface area (Å²) >= 11 is 0. The minimum atomic E-state index is 0.0598. The molecule has 2 aliphatic rings. The first-order valence-corrected chi connectivity index (χ1v) is 10.1. The van der Waals surface area contributed by atoms with Gasteiger partial charge in [-0.3, -0.25) is 9.48 Å². The Balaban J connectivity index is 1.24. The molecule has 2 aliphatic heterocycles. The highest BCUT2D eigenvalue weighted by Gasteiger charge is 2.22. The fourth-order valence-corrected chi connectivity index (χ4v) is 4.13. The van der Waals surface area contributed by atoms with E-state index in [1.807, 2.05) is 12.3 Å². The minimum Gasteiger partial charge on any atom is -0.371 e. The molecule has 27 heavy (non-hydrogen) atoms. The first-order valence-electron chi connectivity index (χ1n) is 10.1. The lowest BCUT2D eigenvalue weighted by molar-refractivity contribution is -0.122. The summed E-state index contributed by atoms with van der Waals surface area (Å²) in [7, 11) is 0. The van der Waals surface area contributed by atoms with Crippen LogP contribution in [0.5, 0.6) is 0 Å². The summed E-state index contributed by atoms with van der Waals surface area (Å²) in [5.41, 5.74) is 2.37. The van der Waals surface area contributed by atoms with Gasteiger partial charge in [0.1, 0.15) is 6.54 Å². The predicted molar refractivity (Wildman–Crippen MR) is 107 cm³/mol. The van der Waals surface area contributed by atoms with E-state index in [1.165, 1.54) is 18.5 Å². The van der Waals surface area contributed by atoms with Gasteiger partial charge in [0.25, 0.3) is 0 Å². The van der Waals surface area contributed by atoms with Crippen LogP contribution in [0.1, 0.15) is 37.3 Å². The molecular weight excluding hydrogens is 338 g/mol. The highest BCUT2D eigenvalue weighted by molar-refractivity contribution is 5.76. The largest absolute Gasteiger partial charge is 0.371 e. The minimum absolute atomic E-state index is 0.0598. The van der Waals surface area contributed by atoms with Crippen LogP contribution in [0.3, 0.4) is 0 Å². The summed E-state index contributed by atoms with van der Waals surface area (Å²) in [5, 5.41) is 11.2. The van der Waals surface area contributed by atoms with Gasteiger partial charge >= 0.3 is 0 Å². The topological polar surface area (TPSA) is 62.2 Å². The van der Waals surface area contributed by atoms with E-state index in [9.17, 15) is 4.79 Å². The molecule has 1 aromatic heterocycles. The number of hydrogen-bond acceptors (Lipinski definition) is 4. The van der Waals surface area contributed by atoms with Crippen molar-refractivity contribution in [3.63, 3.8) is 0 Å². The Morgan fingerprint density at radius 2 is 1.96 bits per heavy atom. The van der Waals surface area contributed by atoms with Crippen LogP contribution in [0.4, 0.5) is 5.69 Å². The van der Waals surface area contributed by atoms with E-state index in [-0.39, 0.29) is 11.9 Å². The summed E-state index contributed by atoms with van der Waals surface area (Å²) in [6, 6.07) is 12.8. The molecule has 3 heterocycles. The van der Waals surface area contributed by atoms with Gasteiger partial charge in [0, 0.05) is 43.5 Å². The third-order valence-corrected chi connectivity index (χ3v) is 5.66. The molecule has 4 rings (SSSR count). The summed E-state index contributed by atoms with van der Waals surface area (Å²) in [6.07, 6.45) is 6.27. The first-order chi connectivity index (χ1) is 13.3. The highest BCUT2D eigenvalue weighted by Crippen LogP contribution is 2.21. The number of carbonyl (C=O) groups excluding carboxylic acids is 1. The van der Waals surface area contributed by atoms with Crippen LogP contribution in [-0.2, 0) is 11.3 Å². The van der Waals surface area contributed by atoms with Crippen molar-refractivity contribution in [3.8, 4) is 0 Å². The molecule has 0 saturated carbocycles. The molecule has 1 atom stereocenters. The number of piperidine rings is 2. The molecule has 2 fully saturated rings. The van der Waals surface area contributed by atoms with Gasteiger partial charge in [0.15, 0.2) is 0 Å². The molecular formula is C21H29N5O. The maximum atomic E-state index is 12.4. The standard InChI is InChI=1S/C21H29N5O/c27-21(16-26-14-10-20(24-26)17-5-4-11-22-15-17)23-18-8-12-25(13-9-18)19-6-2-1-3-7-19/h1-3,6-7,10,14,17-18,22H,4-5,8-9,11-13,15-16H2,(H,23,27). The monoisotopic (exact) mass is 367 g/mol. The Morgan fingerprint density at radius 1 is 1.15 bits per heavy atom. The second-order valence-electron chi connectivity index (χ2n) is 7.65. The molecule has 6 heteroatoms. The van der Waals surface area contributed by atoms with Crippen LogP contribution in [0, 0.1) is 0 Å². The third-order valence-electron chi connectivity index (χ3n) is 5.66. The summed E-state index contributed by atoms with van der Waals surface area (Å²) < 4.78 is 1.78. The van der Waals surface area contributed by atoms with E-state index in [0.29, 0.717) is 12.5 Å². The third kappa shape index (κ3) is 4.69. The summed E-state index contributed by atoms with van der Waals surface area (Å²) in [5.74, 6) is 0.537. The fraction of sp³-hybridized carbons (Fsp3) is 0.524. The zero-order valence-electron chi connectivity index (χ0n) is 15.8. The molecule has 0 bridgehead atoms. The second kappa shape index (κ2) is 8.57. The van der Waals surface area contributed by atoms with E-state index < -0.39 is 0 Å². The van der Waals surface area contributed by atoms with E-state index in [4.69, 9.17) is 0 Å². The predicted octanol–water partition coefficient (Wildman–Crippen LogP) is 2.14. The van der Waals surface area contributed by atoms with Gasteiger partial charge in [0.2, 0.25) is 5.91 Å². The number of rotatable bonds is 5. The van der Waals surface area contributed by atoms with Crippen molar-refractivity contribution in [2.45, 2.75) is 44.2 Å². The average Bonchev–Trinajstić information content (AvgIpc) is 3.18. The van der Waals surface area contributed by atoms with E-state index in [2.05, 4.69) is 51.0 Å². The van der Waals surface area contributed by atoms with Crippen molar-refractivity contribution >= 4 is 11.6 Å². The van der Waals surface area contributed by atoms with Gasteiger partial charge in [-0.05, 0) is 50.4 Å². The van der Waals surface area contributed by atoms with Gasteiger partial charge in [-0.1, -0.05) is 18.2 Å². The molecule has 2 saturated heterocycles. The summed E-state index contributed by atoms with van der Waals surface area (Å²) in [4.78, 5) is 14.8. The average molecular weight is 367 g/mol. The molecule has 0 spiro atoms. The number of aromatic nitrogens is 2. The number of amides is 1. The number of carbonyl (C=O) groups is 1. The van der Waals surface area contributed by atoms with Crippen LogP contribution < -0.4 is 15.5 Å². The number of para-hydroxylation sites is 1. The molecule has 2 N–H and O–H groups in total. The van der Waals surface area contributed by atoms with Crippen molar-refractivity contribution in [1.29, 1.82) is 0 Å². The van der Waals surface area contributed by atoms with Gasteiger partial charge < -0.3 is 15.5 Å². The van der Waals surface area contributed by atoms with Gasteiger partial charge in [-0.15, -0.1) is 0 Å². The molecule has 0 radical (unpaired) electrons. The Hall–Kier alpha value is -2.34. The van der Waals surface area contributed by atoms with Crippen molar-refractivity contribution < 1.29 is 4.79 Å². The van der Waals surface area contributed by atoms with Crippen molar-refractivity contribution in [2.24, 2.45) is 0 Å². The van der Waals surface area contributed by atoms with Gasteiger partial charge in [0.05, 0.1) is 5.69 Å². The molecule has 0 aliphatic carbocycles. The van der Waals surface area contributed by atoms with Crippen molar-refractivity contribution in [2.75, 3.05) is 31.1 Å². The van der Waals surface area contributed by atoms with Gasteiger partial charge in [-0.2, -0.15) is 5.10 Å². The van der Waals surface area contributed by atoms with Crippen LogP contribution >= 0.6 is 0 Å². The smallest absolute Gasteiger partial charge is 0.241 e. The lowest BCUT2D eigenvalue weighted by atomic mass is 9.97. The lowest BCUT2D eigenvalue weighted by Gasteiger charge is -2.34. The molecule has 1 unspecified atom stereocenters. The molecule has 1 amide bonds. The fourth-order valence-electron chi connectivity index (χ4n) is 4.13. The van der Waals surface area contributed by atoms with Crippen molar-refractivity contribution in [3.05, 3.63) is 48.3 Å². The zero-order chi connectivity index (χ0) is 18.5. The molecule has 1 aromatic carbocycles. The normalized spacial score (nSPS) is 21.2. The Kier molecular flexibility index (Phi) is 5.72. The lowest BCUT2D eigenvalue weighted by Crippen LogP contribution is -2.45. The van der Waals surface area contributed by atoms with Crippen LogP contribution in [0.15, 0.2) is 42.6 Å². The van der Waals surface area contributed by atoms with Gasteiger partial charge in [-0.25, -0.2) is 0 Å². The highest BCUT2D eigenvalue weighted by atomic mass is 16.2. The number of nitrogens with one attached hydrogen (secondary N) is 2. The van der Waals surface area contributed by atoms with E-state index >= 15 is 0 Å². The van der Waals surface area contributed by atoms with E-state index in [1.54, 1.807) is 4.68 Å².